The Morgan fingerprint density at radius 3 is 2.65 bits per heavy atom. The van der Waals surface area contributed by atoms with Gasteiger partial charge in [0.05, 0.1) is 12.7 Å². The van der Waals surface area contributed by atoms with Crippen molar-refractivity contribution in [1.82, 2.24) is 0 Å². The monoisotopic (exact) mass is 242 g/mol. The van der Waals surface area contributed by atoms with Crippen LogP contribution in [0, 0.1) is 11.8 Å². The minimum absolute atomic E-state index is 0.336. The van der Waals surface area contributed by atoms with E-state index in [4.69, 9.17) is 4.74 Å². The fourth-order valence-electron chi connectivity index (χ4n) is 1.32. The zero-order chi connectivity index (χ0) is 12.1. The Labute approximate surface area is 104 Å². The maximum atomic E-state index is 11.4. The summed E-state index contributed by atoms with van der Waals surface area (Å²) >= 11 is 1.34. The molecule has 1 heterocycles. The highest BCUT2D eigenvalue weighted by atomic mass is 32.1. The van der Waals surface area contributed by atoms with Gasteiger partial charge in [0.2, 0.25) is 0 Å². The van der Waals surface area contributed by atoms with Crippen molar-refractivity contribution >= 4 is 17.3 Å². The van der Waals surface area contributed by atoms with E-state index in [-0.39, 0.29) is 5.97 Å². The summed E-state index contributed by atoms with van der Waals surface area (Å²) in [5.74, 6) is 5.66. The molecule has 84 valence electrons. The van der Waals surface area contributed by atoms with Crippen LogP contribution in [0.25, 0.3) is 0 Å². The minimum atomic E-state index is -0.336. The largest absolute Gasteiger partial charge is 0.465 e. The van der Waals surface area contributed by atoms with Crippen LogP contribution in [0.2, 0.25) is 0 Å². The third-order valence-electron chi connectivity index (χ3n) is 2.15. The molecule has 0 unspecified atom stereocenters. The molecule has 2 nitrogen and oxygen atoms in total. The number of carbonyl (C=O) groups excluding carboxylic acids is 1. The number of methoxy groups -OCH3 is 1. The van der Waals surface area contributed by atoms with E-state index < -0.39 is 0 Å². The average molecular weight is 242 g/mol. The molecule has 0 N–H and O–H groups in total. The van der Waals surface area contributed by atoms with E-state index in [9.17, 15) is 4.79 Å². The van der Waals surface area contributed by atoms with E-state index in [0.717, 1.165) is 5.56 Å². The molecular formula is C14H10O2S. The summed E-state index contributed by atoms with van der Waals surface area (Å²) in [6.45, 7) is 0. The van der Waals surface area contributed by atoms with E-state index in [1.165, 1.54) is 18.4 Å². The van der Waals surface area contributed by atoms with Gasteiger partial charge in [0.1, 0.15) is 4.88 Å². The number of esters is 1. The highest BCUT2D eigenvalue weighted by Gasteiger charge is 2.11. The molecule has 0 aliphatic heterocycles. The lowest BCUT2D eigenvalue weighted by atomic mass is 10.2. The SMILES string of the molecule is COC(=O)c1sccc1C#Cc1ccccc1. The normalized spacial score (nSPS) is 9.24. The summed E-state index contributed by atoms with van der Waals surface area (Å²) in [7, 11) is 1.37. The summed E-state index contributed by atoms with van der Waals surface area (Å²) in [4.78, 5) is 12.0. The summed E-state index contributed by atoms with van der Waals surface area (Å²) < 4.78 is 4.69. The molecule has 0 saturated heterocycles. The van der Waals surface area contributed by atoms with Gasteiger partial charge in [0.15, 0.2) is 0 Å². The standard InChI is InChI=1S/C14H10O2S/c1-16-14(15)13-12(9-10-17-13)8-7-11-5-3-2-4-6-11/h2-6,9-10H,1H3. The van der Waals surface area contributed by atoms with Crippen molar-refractivity contribution in [3.63, 3.8) is 0 Å². The Hall–Kier alpha value is -2.05. The Balaban J connectivity index is 2.29. The lowest BCUT2D eigenvalue weighted by Crippen LogP contribution is -1.99. The van der Waals surface area contributed by atoms with Gasteiger partial charge in [-0.15, -0.1) is 11.3 Å². The molecule has 1 aromatic carbocycles. The van der Waals surface area contributed by atoms with Crippen molar-refractivity contribution in [2.75, 3.05) is 7.11 Å². The Morgan fingerprint density at radius 1 is 1.18 bits per heavy atom. The highest BCUT2D eigenvalue weighted by Crippen LogP contribution is 2.16. The van der Waals surface area contributed by atoms with Crippen LogP contribution >= 0.6 is 11.3 Å². The molecule has 3 heteroatoms. The first-order chi connectivity index (χ1) is 8.31. The first-order valence-electron chi connectivity index (χ1n) is 5.04. The zero-order valence-corrected chi connectivity index (χ0v) is 10.1. The summed E-state index contributed by atoms with van der Waals surface area (Å²) in [6, 6.07) is 11.5. The van der Waals surface area contributed by atoms with Gasteiger partial charge >= 0.3 is 5.97 Å². The molecule has 0 fully saturated rings. The van der Waals surface area contributed by atoms with Gasteiger partial charge in [-0.3, -0.25) is 0 Å². The molecule has 0 atom stereocenters. The van der Waals surface area contributed by atoms with Gasteiger partial charge < -0.3 is 4.74 Å². The number of hydrogen-bond donors (Lipinski definition) is 0. The third kappa shape index (κ3) is 2.74. The summed E-state index contributed by atoms with van der Waals surface area (Å²) in [5, 5.41) is 1.83. The lowest BCUT2D eigenvalue weighted by Gasteiger charge is -1.94. The first kappa shape index (κ1) is 11.4. The molecule has 0 aliphatic carbocycles. The van der Waals surface area contributed by atoms with E-state index in [0.29, 0.717) is 10.4 Å². The van der Waals surface area contributed by atoms with Crippen LogP contribution in [-0.4, -0.2) is 13.1 Å². The van der Waals surface area contributed by atoms with Gasteiger partial charge in [-0.25, -0.2) is 4.79 Å². The third-order valence-corrected chi connectivity index (χ3v) is 3.05. The van der Waals surface area contributed by atoms with E-state index in [2.05, 4.69) is 11.8 Å². The van der Waals surface area contributed by atoms with Gasteiger partial charge in [-0.1, -0.05) is 30.0 Å². The quantitative estimate of drug-likeness (QED) is 0.567. The van der Waals surface area contributed by atoms with Crippen molar-refractivity contribution in [1.29, 1.82) is 0 Å². The van der Waals surface area contributed by atoms with Crippen LogP contribution in [-0.2, 0) is 4.74 Å². The summed E-state index contributed by atoms with van der Waals surface area (Å²) in [5.41, 5.74) is 1.64. The van der Waals surface area contributed by atoms with Crippen LogP contribution in [0.1, 0.15) is 20.8 Å². The van der Waals surface area contributed by atoms with Gasteiger partial charge in [-0.05, 0) is 23.6 Å². The summed E-state index contributed by atoms with van der Waals surface area (Å²) in [6.07, 6.45) is 0. The highest BCUT2D eigenvalue weighted by molar-refractivity contribution is 7.12. The van der Waals surface area contributed by atoms with Gasteiger partial charge in [0.25, 0.3) is 0 Å². The number of benzene rings is 1. The number of hydrogen-bond acceptors (Lipinski definition) is 3. The van der Waals surface area contributed by atoms with E-state index in [1.807, 2.05) is 41.8 Å². The second-order valence-corrected chi connectivity index (χ2v) is 4.19. The molecular weight excluding hydrogens is 232 g/mol. The molecule has 2 aromatic rings. The number of thiophene rings is 1. The minimum Gasteiger partial charge on any atom is -0.465 e. The lowest BCUT2D eigenvalue weighted by molar-refractivity contribution is 0.0606. The van der Waals surface area contributed by atoms with Crippen LogP contribution in [0.3, 0.4) is 0 Å². The maximum Gasteiger partial charge on any atom is 0.349 e. The van der Waals surface area contributed by atoms with E-state index >= 15 is 0 Å². The predicted octanol–water partition coefficient (Wildman–Crippen LogP) is 2.93. The molecule has 0 saturated carbocycles. The first-order valence-corrected chi connectivity index (χ1v) is 5.92. The molecule has 0 bridgehead atoms. The van der Waals surface area contributed by atoms with E-state index in [1.54, 1.807) is 0 Å². The van der Waals surface area contributed by atoms with Gasteiger partial charge in [-0.2, -0.15) is 0 Å². The van der Waals surface area contributed by atoms with Crippen molar-refractivity contribution in [3.8, 4) is 11.8 Å². The fraction of sp³-hybridized carbons (Fsp3) is 0.0714. The second kappa shape index (κ2) is 5.33. The van der Waals surface area contributed by atoms with Crippen molar-refractivity contribution < 1.29 is 9.53 Å². The number of carbonyl (C=O) groups is 1. The molecule has 2 rings (SSSR count). The smallest absolute Gasteiger partial charge is 0.349 e. The maximum absolute atomic E-state index is 11.4. The van der Waals surface area contributed by atoms with Crippen molar-refractivity contribution in [3.05, 3.63) is 57.8 Å². The molecule has 17 heavy (non-hydrogen) atoms. The molecule has 0 spiro atoms. The van der Waals surface area contributed by atoms with Crippen LogP contribution in [0.15, 0.2) is 41.8 Å². The average Bonchev–Trinajstić information content (AvgIpc) is 2.85. The van der Waals surface area contributed by atoms with Crippen molar-refractivity contribution in [2.45, 2.75) is 0 Å². The molecule has 0 amide bonds. The zero-order valence-electron chi connectivity index (χ0n) is 9.27. The van der Waals surface area contributed by atoms with Crippen molar-refractivity contribution in [2.24, 2.45) is 0 Å². The second-order valence-electron chi connectivity index (χ2n) is 3.27. The molecule has 1 aromatic heterocycles. The van der Waals surface area contributed by atoms with Crippen LogP contribution < -0.4 is 0 Å². The molecule has 0 aliphatic rings. The number of rotatable bonds is 1. The topological polar surface area (TPSA) is 26.3 Å². The van der Waals surface area contributed by atoms with Gasteiger partial charge in [0, 0.05) is 5.56 Å². The van der Waals surface area contributed by atoms with Crippen LogP contribution in [0.4, 0.5) is 0 Å². The van der Waals surface area contributed by atoms with Crippen LogP contribution in [0.5, 0.6) is 0 Å². The molecule has 0 radical (unpaired) electrons. The fourth-order valence-corrected chi connectivity index (χ4v) is 2.09. The Bertz CT molecular complexity index is 573. The Kier molecular flexibility index (Phi) is 3.59. The Morgan fingerprint density at radius 2 is 1.94 bits per heavy atom. The predicted molar refractivity (Wildman–Crippen MR) is 68.1 cm³/mol. The number of ether oxygens (including phenoxy) is 1.